The molecule has 0 aliphatic rings. The molecular weight excluding hydrogens is 208 g/mol. The fraction of sp³-hybridized carbons (Fsp3) is 0.533. The van der Waals surface area contributed by atoms with Crippen LogP contribution in [0.25, 0.3) is 0 Å². The van der Waals surface area contributed by atoms with E-state index in [1.807, 2.05) is 0 Å². The highest BCUT2D eigenvalue weighted by Gasteiger charge is 2.07. The number of rotatable bonds is 6. The Bertz CT molecular complexity index is 309. The van der Waals surface area contributed by atoms with Gasteiger partial charge in [-0.3, -0.25) is 0 Å². The zero-order valence-corrected chi connectivity index (χ0v) is 11.7. The standard InChI is InChI=1S/C15H25N2/c1-6-16(7-2)14-10-13(5)11-15(12-14)17(8-3)9-4/h10-12H,5-9H2,1-4H3. The van der Waals surface area contributed by atoms with Crippen LogP contribution < -0.4 is 9.80 Å². The molecule has 17 heavy (non-hydrogen) atoms. The fourth-order valence-electron chi connectivity index (χ4n) is 2.20. The van der Waals surface area contributed by atoms with Gasteiger partial charge in [-0.2, -0.15) is 0 Å². The number of hydrogen-bond donors (Lipinski definition) is 0. The highest BCUT2D eigenvalue weighted by molar-refractivity contribution is 5.62. The van der Waals surface area contributed by atoms with E-state index in [0.29, 0.717) is 0 Å². The van der Waals surface area contributed by atoms with E-state index in [4.69, 9.17) is 0 Å². The molecule has 1 aromatic rings. The van der Waals surface area contributed by atoms with Crippen molar-refractivity contribution in [3.63, 3.8) is 0 Å². The SMILES string of the molecule is [CH2]c1cc(N(CC)CC)cc(N(CC)CC)c1. The van der Waals surface area contributed by atoms with Gasteiger partial charge in [0.05, 0.1) is 0 Å². The van der Waals surface area contributed by atoms with Crippen LogP contribution in [0.3, 0.4) is 0 Å². The Balaban J connectivity index is 3.08. The van der Waals surface area contributed by atoms with Crippen LogP contribution in [0.5, 0.6) is 0 Å². The molecular formula is C15H25N2. The molecule has 2 nitrogen and oxygen atoms in total. The van der Waals surface area contributed by atoms with Gasteiger partial charge in [0, 0.05) is 37.6 Å². The molecule has 0 saturated carbocycles. The third kappa shape index (κ3) is 3.39. The second kappa shape index (κ2) is 6.53. The predicted octanol–water partition coefficient (Wildman–Crippen LogP) is 3.56. The lowest BCUT2D eigenvalue weighted by atomic mass is 10.1. The summed E-state index contributed by atoms with van der Waals surface area (Å²) in [6.07, 6.45) is 0. The number of anilines is 2. The van der Waals surface area contributed by atoms with Crippen LogP contribution in [-0.4, -0.2) is 26.2 Å². The summed E-state index contributed by atoms with van der Waals surface area (Å²) in [5, 5.41) is 0. The van der Waals surface area contributed by atoms with Gasteiger partial charge < -0.3 is 9.80 Å². The zero-order valence-electron chi connectivity index (χ0n) is 11.7. The first-order chi connectivity index (χ1) is 8.15. The van der Waals surface area contributed by atoms with Crippen molar-refractivity contribution >= 4 is 11.4 Å². The topological polar surface area (TPSA) is 6.48 Å². The minimum absolute atomic E-state index is 1.04. The Labute approximate surface area is 106 Å². The monoisotopic (exact) mass is 233 g/mol. The maximum absolute atomic E-state index is 4.09. The van der Waals surface area contributed by atoms with Crippen molar-refractivity contribution < 1.29 is 0 Å². The van der Waals surface area contributed by atoms with Gasteiger partial charge in [-0.25, -0.2) is 0 Å². The second-order valence-corrected chi connectivity index (χ2v) is 4.20. The maximum Gasteiger partial charge on any atom is 0.0389 e. The molecule has 0 aliphatic carbocycles. The third-order valence-electron chi connectivity index (χ3n) is 3.22. The van der Waals surface area contributed by atoms with Gasteiger partial charge in [-0.15, -0.1) is 0 Å². The fourth-order valence-corrected chi connectivity index (χ4v) is 2.20. The maximum atomic E-state index is 4.09. The van der Waals surface area contributed by atoms with Gasteiger partial charge in [0.15, 0.2) is 0 Å². The summed E-state index contributed by atoms with van der Waals surface area (Å²) in [6, 6.07) is 6.61. The average molecular weight is 233 g/mol. The highest BCUT2D eigenvalue weighted by atomic mass is 15.1. The van der Waals surface area contributed by atoms with Gasteiger partial charge in [0.1, 0.15) is 0 Å². The number of hydrogen-bond acceptors (Lipinski definition) is 2. The van der Waals surface area contributed by atoms with Crippen molar-refractivity contribution in [2.45, 2.75) is 27.7 Å². The van der Waals surface area contributed by atoms with Gasteiger partial charge >= 0.3 is 0 Å². The largest absolute Gasteiger partial charge is 0.372 e. The quantitative estimate of drug-likeness (QED) is 0.741. The lowest BCUT2D eigenvalue weighted by Crippen LogP contribution is -2.24. The smallest absolute Gasteiger partial charge is 0.0389 e. The molecule has 0 N–H and O–H groups in total. The Hall–Kier alpha value is -1.18. The van der Waals surface area contributed by atoms with E-state index >= 15 is 0 Å². The molecule has 0 atom stereocenters. The summed E-state index contributed by atoms with van der Waals surface area (Å²) in [4.78, 5) is 4.73. The second-order valence-electron chi connectivity index (χ2n) is 4.20. The lowest BCUT2D eigenvalue weighted by Gasteiger charge is -2.26. The van der Waals surface area contributed by atoms with Crippen molar-refractivity contribution in [3.05, 3.63) is 30.7 Å². The van der Waals surface area contributed by atoms with E-state index in [1.165, 1.54) is 11.4 Å². The van der Waals surface area contributed by atoms with Crippen LogP contribution in [0.15, 0.2) is 18.2 Å². The van der Waals surface area contributed by atoms with Crippen molar-refractivity contribution in [3.8, 4) is 0 Å². The minimum atomic E-state index is 1.04. The third-order valence-corrected chi connectivity index (χ3v) is 3.22. The molecule has 0 spiro atoms. The van der Waals surface area contributed by atoms with Gasteiger partial charge in [-0.1, -0.05) is 0 Å². The average Bonchev–Trinajstić information content (AvgIpc) is 2.31. The van der Waals surface area contributed by atoms with Gasteiger partial charge in [0.25, 0.3) is 0 Å². The molecule has 0 bridgehead atoms. The van der Waals surface area contributed by atoms with Gasteiger partial charge in [0.2, 0.25) is 0 Å². The Morgan fingerprint density at radius 2 is 1.12 bits per heavy atom. The zero-order chi connectivity index (χ0) is 12.8. The van der Waals surface area contributed by atoms with Crippen LogP contribution in [0.2, 0.25) is 0 Å². The minimum Gasteiger partial charge on any atom is -0.372 e. The van der Waals surface area contributed by atoms with Crippen molar-refractivity contribution in [1.29, 1.82) is 0 Å². The molecule has 1 rings (SSSR count). The Morgan fingerprint density at radius 3 is 1.41 bits per heavy atom. The van der Waals surface area contributed by atoms with Crippen molar-refractivity contribution in [2.24, 2.45) is 0 Å². The first kappa shape index (κ1) is 13.9. The van der Waals surface area contributed by atoms with E-state index in [1.54, 1.807) is 0 Å². The molecule has 0 aromatic heterocycles. The highest BCUT2D eigenvalue weighted by Crippen LogP contribution is 2.24. The molecule has 95 valence electrons. The van der Waals surface area contributed by atoms with Gasteiger partial charge in [-0.05, 0) is 58.4 Å². The van der Waals surface area contributed by atoms with E-state index in [-0.39, 0.29) is 0 Å². The van der Waals surface area contributed by atoms with Crippen molar-refractivity contribution in [2.75, 3.05) is 36.0 Å². The summed E-state index contributed by atoms with van der Waals surface area (Å²) in [5.41, 5.74) is 3.66. The lowest BCUT2D eigenvalue weighted by molar-refractivity contribution is 0.851. The van der Waals surface area contributed by atoms with Crippen LogP contribution in [0, 0.1) is 6.92 Å². The molecule has 2 heteroatoms. The summed E-state index contributed by atoms with van der Waals surface area (Å²) in [5.74, 6) is 0. The first-order valence-corrected chi connectivity index (χ1v) is 6.63. The summed E-state index contributed by atoms with van der Waals surface area (Å²) >= 11 is 0. The predicted molar refractivity (Wildman–Crippen MR) is 78.0 cm³/mol. The molecule has 0 saturated heterocycles. The first-order valence-electron chi connectivity index (χ1n) is 6.63. The Kier molecular flexibility index (Phi) is 5.33. The molecule has 1 radical (unpaired) electrons. The summed E-state index contributed by atoms with van der Waals surface area (Å²) < 4.78 is 0. The molecule has 0 unspecified atom stereocenters. The van der Waals surface area contributed by atoms with Crippen LogP contribution in [0.1, 0.15) is 33.3 Å². The molecule has 0 aliphatic heterocycles. The van der Waals surface area contributed by atoms with Crippen LogP contribution >= 0.6 is 0 Å². The van der Waals surface area contributed by atoms with E-state index in [2.05, 4.69) is 62.6 Å². The molecule has 1 aromatic carbocycles. The molecule has 0 amide bonds. The Morgan fingerprint density at radius 1 is 0.765 bits per heavy atom. The summed E-state index contributed by atoms with van der Waals surface area (Å²) in [7, 11) is 0. The van der Waals surface area contributed by atoms with E-state index < -0.39 is 0 Å². The molecule has 0 heterocycles. The molecule has 0 fully saturated rings. The number of nitrogens with zero attached hydrogens (tertiary/aromatic N) is 2. The van der Waals surface area contributed by atoms with Crippen LogP contribution in [-0.2, 0) is 0 Å². The van der Waals surface area contributed by atoms with E-state index in [9.17, 15) is 0 Å². The normalized spacial score (nSPS) is 10.4. The number of benzene rings is 1. The van der Waals surface area contributed by atoms with E-state index in [0.717, 1.165) is 31.7 Å². The van der Waals surface area contributed by atoms with Crippen molar-refractivity contribution in [1.82, 2.24) is 0 Å². The summed E-state index contributed by atoms with van der Waals surface area (Å²) in [6.45, 7) is 17.0. The van der Waals surface area contributed by atoms with Crippen LogP contribution in [0.4, 0.5) is 11.4 Å².